The van der Waals surface area contributed by atoms with Crippen LogP contribution in [0.4, 0.5) is 0 Å². The average Bonchev–Trinajstić information content (AvgIpc) is 3.43. The summed E-state index contributed by atoms with van der Waals surface area (Å²) >= 11 is 0. The van der Waals surface area contributed by atoms with Crippen LogP contribution in [-0.2, 0) is 28.6 Å². The summed E-state index contributed by atoms with van der Waals surface area (Å²) in [6.07, 6.45) is 92.5. The molecule has 6 heteroatoms. The van der Waals surface area contributed by atoms with E-state index in [1.54, 1.807) is 0 Å². The van der Waals surface area contributed by atoms with Crippen LogP contribution in [0.1, 0.15) is 252 Å². The summed E-state index contributed by atoms with van der Waals surface area (Å²) in [5.41, 5.74) is 0. The van der Waals surface area contributed by atoms with Gasteiger partial charge in [-0.3, -0.25) is 14.4 Å². The van der Waals surface area contributed by atoms with Gasteiger partial charge in [0.05, 0.1) is 0 Å². The van der Waals surface area contributed by atoms with E-state index < -0.39 is 6.10 Å². The number of carbonyl (C=O) groups excluding carboxylic acids is 3. The average molecular weight is 1060 g/mol. The third-order valence-electron chi connectivity index (χ3n) is 12.5. The van der Waals surface area contributed by atoms with Gasteiger partial charge in [0.15, 0.2) is 6.10 Å². The van der Waals surface area contributed by atoms with Gasteiger partial charge in [0, 0.05) is 19.3 Å². The van der Waals surface area contributed by atoms with Crippen LogP contribution in [0.2, 0.25) is 0 Å². The molecule has 0 aromatic heterocycles. The van der Waals surface area contributed by atoms with E-state index in [2.05, 4.69) is 179 Å². The van der Waals surface area contributed by atoms with E-state index in [9.17, 15) is 14.4 Å². The summed E-state index contributed by atoms with van der Waals surface area (Å²) in [5.74, 6) is -0.987. The number of hydrogen-bond acceptors (Lipinski definition) is 6. The zero-order valence-corrected chi connectivity index (χ0v) is 49.4. The van der Waals surface area contributed by atoms with Crippen LogP contribution < -0.4 is 0 Å². The van der Waals surface area contributed by atoms with Crippen molar-refractivity contribution in [1.82, 2.24) is 0 Å². The van der Waals surface area contributed by atoms with E-state index in [0.29, 0.717) is 19.3 Å². The van der Waals surface area contributed by atoms with E-state index in [0.717, 1.165) is 161 Å². The molecule has 0 spiro atoms. The second kappa shape index (κ2) is 63.6. The standard InChI is InChI=1S/C71H112O6/c1-4-7-10-13-16-19-22-25-27-28-29-30-31-32-33-34-35-36-37-38-39-40-41-42-44-46-49-52-55-58-61-64-70(73)76-67-68(66-75-69(72)63-60-57-54-51-48-45-24-21-18-15-12-9-6-3)77-71(74)65-62-59-56-53-50-47-43-26-23-20-17-14-11-8-5-2/h7,9-10,12,16,18-19,21,25-27,29-30,32-33,35-36,38-39,41-43,45-46,48-49,68H,4-6,8,11,13-15,17,20,22-24,28,31,34,37,40,44,47,50-67H2,1-3H3/b10-7-,12-9-,19-16-,21-18-,27-25-,30-29-,33-32-,36-35-,39-38-,42-41-,43-26-,48-45-,49-46-. The normalized spacial score (nSPS) is 13.2. The largest absolute Gasteiger partial charge is 0.462 e. The molecule has 0 saturated heterocycles. The number of ether oxygens (including phenoxy) is 3. The summed E-state index contributed by atoms with van der Waals surface area (Å²) in [6, 6.07) is 0. The Bertz CT molecular complexity index is 1740. The summed E-state index contributed by atoms with van der Waals surface area (Å²) in [4.78, 5) is 38.2. The van der Waals surface area contributed by atoms with Crippen LogP contribution in [0.3, 0.4) is 0 Å². The Morgan fingerprint density at radius 3 is 0.818 bits per heavy atom. The zero-order valence-electron chi connectivity index (χ0n) is 49.4. The van der Waals surface area contributed by atoms with Crippen molar-refractivity contribution in [3.8, 4) is 0 Å². The van der Waals surface area contributed by atoms with Crippen LogP contribution in [0, 0.1) is 0 Å². The van der Waals surface area contributed by atoms with Crippen LogP contribution in [0.25, 0.3) is 0 Å². The van der Waals surface area contributed by atoms with Gasteiger partial charge in [-0.2, -0.15) is 0 Å². The predicted molar refractivity (Wildman–Crippen MR) is 334 cm³/mol. The molecule has 0 rings (SSSR count). The Kier molecular flexibility index (Phi) is 59.5. The van der Waals surface area contributed by atoms with Crippen LogP contribution in [-0.4, -0.2) is 37.2 Å². The zero-order chi connectivity index (χ0) is 55.7. The maximum Gasteiger partial charge on any atom is 0.306 e. The van der Waals surface area contributed by atoms with Crippen LogP contribution in [0.5, 0.6) is 0 Å². The van der Waals surface area contributed by atoms with Crippen molar-refractivity contribution < 1.29 is 28.6 Å². The first-order chi connectivity index (χ1) is 38.0. The lowest BCUT2D eigenvalue weighted by atomic mass is 10.1. The lowest BCUT2D eigenvalue weighted by molar-refractivity contribution is -0.167. The topological polar surface area (TPSA) is 78.9 Å². The lowest BCUT2D eigenvalue weighted by Gasteiger charge is -2.18. The number of carbonyl (C=O) groups is 3. The van der Waals surface area contributed by atoms with Gasteiger partial charge in [0.2, 0.25) is 0 Å². The van der Waals surface area contributed by atoms with Gasteiger partial charge in [0.1, 0.15) is 13.2 Å². The molecule has 0 saturated carbocycles. The summed E-state index contributed by atoms with van der Waals surface area (Å²) < 4.78 is 16.8. The van der Waals surface area contributed by atoms with Crippen molar-refractivity contribution in [1.29, 1.82) is 0 Å². The SMILES string of the molecule is CC/C=C\C/C=C\C/C=C\C/C=C\C/C=C\C/C=C\C/C=C\C/C=C\C/C=C\CCCCCC(=O)OCC(COC(=O)CCCCC/C=C\C/C=C\C/C=C\CC)OC(=O)CCCCCCC/C=C\CCCCCCCC. The predicted octanol–water partition coefficient (Wildman–Crippen LogP) is 21.3. The van der Waals surface area contributed by atoms with Crippen molar-refractivity contribution in [2.24, 2.45) is 0 Å². The molecule has 1 unspecified atom stereocenters. The van der Waals surface area contributed by atoms with Crippen molar-refractivity contribution >= 4 is 17.9 Å². The Labute approximate surface area is 473 Å². The minimum Gasteiger partial charge on any atom is -0.462 e. The first-order valence-corrected chi connectivity index (χ1v) is 31.0. The molecule has 1 atom stereocenters. The molecule has 6 nitrogen and oxygen atoms in total. The Morgan fingerprint density at radius 2 is 0.506 bits per heavy atom. The molecular formula is C71H112O6. The third kappa shape index (κ3) is 61.8. The number of allylic oxidation sites excluding steroid dienone is 26. The number of unbranched alkanes of at least 4 members (excludes halogenated alkanes) is 17. The summed E-state index contributed by atoms with van der Waals surface area (Å²) in [5, 5.41) is 0. The van der Waals surface area contributed by atoms with Crippen molar-refractivity contribution in [2.75, 3.05) is 13.2 Å². The summed E-state index contributed by atoms with van der Waals surface area (Å²) in [6.45, 7) is 6.33. The second-order valence-corrected chi connectivity index (χ2v) is 19.8. The van der Waals surface area contributed by atoms with Gasteiger partial charge >= 0.3 is 17.9 Å². The van der Waals surface area contributed by atoms with Gasteiger partial charge in [-0.1, -0.05) is 243 Å². The Balaban J connectivity index is 4.41. The molecule has 0 fully saturated rings. The first kappa shape index (κ1) is 72.0. The molecule has 0 heterocycles. The number of hydrogen-bond donors (Lipinski definition) is 0. The van der Waals surface area contributed by atoms with Crippen molar-refractivity contribution in [3.05, 3.63) is 158 Å². The highest BCUT2D eigenvalue weighted by molar-refractivity contribution is 5.71. The van der Waals surface area contributed by atoms with E-state index >= 15 is 0 Å². The molecule has 0 amide bonds. The highest BCUT2D eigenvalue weighted by atomic mass is 16.6. The fourth-order valence-electron chi connectivity index (χ4n) is 7.91. The molecular weight excluding hydrogens is 949 g/mol. The molecule has 0 aliphatic heterocycles. The fraction of sp³-hybridized carbons (Fsp3) is 0.592. The summed E-state index contributed by atoms with van der Waals surface area (Å²) in [7, 11) is 0. The minimum absolute atomic E-state index is 0.113. The molecule has 77 heavy (non-hydrogen) atoms. The number of rotatable bonds is 54. The first-order valence-electron chi connectivity index (χ1n) is 31.0. The smallest absolute Gasteiger partial charge is 0.306 e. The van der Waals surface area contributed by atoms with E-state index in [1.165, 1.54) is 51.4 Å². The monoisotopic (exact) mass is 1060 g/mol. The highest BCUT2D eigenvalue weighted by Crippen LogP contribution is 2.13. The van der Waals surface area contributed by atoms with Gasteiger partial charge < -0.3 is 14.2 Å². The molecule has 0 N–H and O–H groups in total. The fourth-order valence-corrected chi connectivity index (χ4v) is 7.91. The molecule has 0 radical (unpaired) electrons. The third-order valence-corrected chi connectivity index (χ3v) is 12.5. The van der Waals surface area contributed by atoms with Gasteiger partial charge in [0.25, 0.3) is 0 Å². The molecule has 432 valence electrons. The quantitative estimate of drug-likeness (QED) is 0.0261. The van der Waals surface area contributed by atoms with Crippen molar-refractivity contribution in [3.63, 3.8) is 0 Å². The van der Waals surface area contributed by atoms with Gasteiger partial charge in [-0.05, 0) is 148 Å². The maximum absolute atomic E-state index is 12.9. The van der Waals surface area contributed by atoms with Gasteiger partial charge in [-0.25, -0.2) is 0 Å². The maximum atomic E-state index is 12.9. The molecule has 0 aliphatic carbocycles. The van der Waals surface area contributed by atoms with Crippen molar-refractivity contribution in [2.45, 2.75) is 258 Å². The minimum atomic E-state index is -0.816. The Hall–Kier alpha value is -4.97. The van der Waals surface area contributed by atoms with Gasteiger partial charge in [-0.15, -0.1) is 0 Å². The highest BCUT2D eigenvalue weighted by Gasteiger charge is 2.19. The van der Waals surface area contributed by atoms with Crippen LogP contribution in [0.15, 0.2) is 158 Å². The molecule has 0 bridgehead atoms. The number of esters is 3. The lowest BCUT2D eigenvalue weighted by Crippen LogP contribution is -2.30. The van der Waals surface area contributed by atoms with E-state index in [1.807, 2.05) is 0 Å². The molecule has 0 aromatic rings. The Morgan fingerprint density at radius 1 is 0.273 bits per heavy atom. The van der Waals surface area contributed by atoms with Crippen LogP contribution >= 0.6 is 0 Å². The molecule has 0 aromatic carbocycles. The van der Waals surface area contributed by atoms with E-state index in [4.69, 9.17) is 14.2 Å². The van der Waals surface area contributed by atoms with E-state index in [-0.39, 0.29) is 31.1 Å². The second-order valence-electron chi connectivity index (χ2n) is 19.8. The molecule has 0 aliphatic rings.